The van der Waals surface area contributed by atoms with Gasteiger partial charge >= 0.3 is 5.97 Å². The number of hydrogen-bond donors (Lipinski definition) is 0. The van der Waals surface area contributed by atoms with Crippen LogP contribution in [0.15, 0.2) is 30.5 Å². The first kappa shape index (κ1) is 17.7. The van der Waals surface area contributed by atoms with Crippen LogP contribution in [0.3, 0.4) is 0 Å². The molecule has 1 aliphatic heterocycles. The first-order valence-corrected chi connectivity index (χ1v) is 8.75. The van der Waals surface area contributed by atoms with Crippen molar-refractivity contribution in [1.29, 1.82) is 0 Å². The molecular formula is C20H26N2O3. The Morgan fingerprint density at radius 3 is 2.52 bits per heavy atom. The summed E-state index contributed by atoms with van der Waals surface area (Å²) >= 11 is 0. The van der Waals surface area contributed by atoms with E-state index in [1.165, 1.54) is 0 Å². The minimum absolute atomic E-state index is 0.179. The molecule has 5 nitrogen and oxygen atoms in total. The van der Waals surface area contributed by atoms with Crippen molar-refractivity contribution in [3.8, 4) is 0 Å². The number of nitrogens with zero attached hydrogens (tertiary/aromatic N) is 2. The van der Waals surface area contributed by atoms with Crippen molar-refractivity contribution in [3.63, 3.8) is 0 Å². The van der Waals surface area contributed by atoms with Crippen LogP contribution >= 0.6 is 0 Å². The molecule has 0 unspecified atom stereocenters. The lowest BCUT2D eigenvalue weighted by molar-refractivity contribution is -0.00525. The van der Waals surface area contributed by atoms with Crippen LogP contribution in [0.4, 0.5) is 5.69 Å². The molecule has 2 heterocycles. The fourth-order valence-electron chi connectivity index (χ4n) is 3.23. The van der Waals surface area contributed by atoms with E-state index < -0.39 is 5.60 Å². The number of anilines is 1. The third-order valence-electron chi connectivity index (χ3n) is 4.13. The summed E-state index contributed by atoms with van der Waals surface area (Å²) in [5.41, 5.74) is 1.89. The van der Waals surface area contributed by atoms with Gasteiger partial charge in [0.05, 0.1) is 23.3 Å². The SMILES string of the molecule is C[C@@H]1CN(c2ccc3nccc(C(=O)OC(C)(C)C)c3c2)C[C@@H](C)O1. The highest BCUT2D eigenvalue weighted by molar-refractivity contribution is 6.04. The number of carbonyl (C=O) groups excluding carboxylic acids is 1. The van der Waals surface area contributed by atoms with E-state index in [0.29, 0.717) is 5.56 Å². The Kier molecular flexibility index (Phi) is 4.69. The van der Waals surface area contributed by atoms with Gasteiger partial charge < -0.3 is 14.4 Å². The van der Waals surface area contributed by atoms with Gasteiger partial charge in [-0.2, -0.15) is 0 Å². The summed E-state index contributed by atoms with van der Waals surface area (Å²) in [6.45, 7) is 11.4. The molecule has 0 bridgehead atoms. The molecule has 2 atom stereocenters. The normalized spacial score (nSPS) is 21.4. The number of rotatable bonds is 2. The molecule has 2 aromatic rings. The second kappa shape index (κ2) is 6.64. The number of ether oxygens (including phenoxy) is 2. The van der Waals surface area contributed by atoms with Crippen LogP contribution in [0.25, 0.3) is 10.9 Å². The average Bonchev–Trinajstić information content (AvgIpc) is 2.51. The van der Waals surface area contributed by atoms with Gasteiger partial charge in [0.15, 0.2) is 0 Å². The van der Waals surface area contributed by atoms with E-state index in [0.717, 1.165) is 29.7 Å². The number of fused-ring (bicyclic) bond motifs is 1. The third kappa shape index (κ3) is 4.10. The van der Waals surface area contributed by atoms with Gasteiger partial charge in [-0.25, -0.2) is 4.79 Å². The van der Waals surface area contributed by atoms with Crippen molar-refractivity contribution >= 4 is 22.6 Å². The molecule has 0 saturated carbocycles. The molecule has 1 saturated heterocycles. The van der Waals surface area contributed by atoms with E-state index in [1.54, 1.807) is 12.3 Å². The van der Waals surface area contributed by atoms with Crippen LogP contribution in [-0.4, -0.2) is 41.9 Å². The monoisotopic (exact) mass is 342 g/mol. The van der Waals surface area contributed by atoms with Crippen LogP contribution in [0.1, 0.15) is 45.0 Å². The van der Waals surface area contributed by atoms with E-state index in [4.69, 9.17) is 9.47 Å². The Morgan fingerprint density at radius 1 is 1.20 bits per heavy atom. The summed E-state index contributed by atoms with van der Waals surface area (Å²) in [7, 11) is 0. The summed E-state index contributed by atoms with van der Waals surface area (Å²) in [6.07, 6.45) is 2.01. The zero-order chi connectivity index (χ0) is 18.2. The highest BCUT2D eigenvalue weighted by Crippen LogP contribution is 2.27. The molecular weight excluding hydrogens is 316 g/mol. The second-order valence-corrected chi connectivity index (χ2v) is 7.72. The van der Waals surface area contributed by atoms with Gasteiger partial charge in [0.2, 0.25) is 0 Å². The van der Waals surface area contributed by atoms with Crippen molar-refractivity contribution in [2.45, 2.75) is 52.4 Å². The predicted molar refractivity (Wildman–Crippen MR) is 99.1 cm³/mol. The van der Waals surface area contributed by atoms with Crippen LogP contribution in [0.2, 0.25) is 0 Å². The Hall–Kier alpha value is -2.14. The predicted octanol–water partition coefficient (Wildman–Crippen LogP) is 3.80. The van der Waals surface area contributed by atoms with Gasteiger partial charge in [0.1, 0.15) is 5.60 Å². The first-order valence-electron chi connectivity index (χ1n) is 8.75. The largest absolute Gasteiger partial charge is 0.456 e. The van der Waals surface area contributed by atoms with Gasteiger partial charge in [0, 0.05) is 30.4 Å². The number of hydrogen-bond acceptors (Lipinski definition) is 5. The van der Waals surface area contributed by atoms with Crippen LogP contribution in [-0.2, 0) is 9.47 Å². The molecule has 25 heavy (non-hydrogen) atoms. The maximum atomic E-state index is 12.6. The number of morpholine rings is 1. The molecule has 134 valence electrons. The van der Waals surface area contributed by atoms with E-state index in [9.17, 15) is 4.79 Å². The summed E-state index contributed by atoms with van der Waals surface area (Å²) in [4.78, 5) is 19.3. The zero-order valence-corrected chi connectivity index (χ0v) is 15.6. The second-order valence-electron chi connectivity index (χ2n) is 7.72. The fourth-order valence-corrected chi connectivity index (χ4v) is 3.23. The molecule has 0 N–H and O–H groups in total. The highest BCUT2D eigenvalue weighted by atomic mass is 16.6. The molecule has 1 aromatic heterocycles. The van der Waals surface area contributed by atoms with Crippen LogP contribution in [0, 0.1) is 0 Å². The van der Waals surface area contributed by atoms with Crippen LogP contribution in [0.5, 0.6) is 0 Å². The molecule has 3 rings (SSSR count). The average molecular weight is 342 g/mol. The molecule has 1 aliphatic rings. The lowest BCUT2D eigenvalue weighted by Gasteiger charge is -2.37. The summed E-state index contributed by atoms with van der Waals surface area (Å²) < 4.78 is 11.4. The quantitative estimate of drug-likeness (QED) is 0.777. The molecule has 0 aliphatic carbocycles. The third-order valence-corrected chi connectivity index (χ3v) is 4.13. The lowest BCUT2D eigenvalue weighted by atomic mass is 10.1. The van der Waals surface area contributed by atoms with Crippen molar-refractivity contribution in [2.24, 2.45) is 0 Å². The topological polar surface area (TPSA) is 51.7 Å². The van der Waals surface area contributed by atoms with E-state index >= 15 is 0 Å². The number of esters is 1. The Morgan fingerprint density at radius 2 is 1.88 bits per heavy atom. The molecule has 0 spiro atoms. The van der Waals surface area contributed by atoms with Gasteiger partial charge in [-0.1, -0.05) is 0 Å². The lowest BCUT2D eigenvalue weighted by Crippen LogP contribution is -2.45. The fraction of sp³-hybridized carbons (Fsp3) is 0.500. The minimum Gasteiger partial charge on any atom is -0.456 e. The molecule has 1 fully saturated rings. The molecule has 0 amide bonds. The Bertz CT molecular complexity index is 772. The zero-order valence-electron chi connectivity index (χ0n) is 15.6. The maximum Gasteiger partial charge on any atom is 0.339 e. The van der Waals surface area contributed by atoms with E-state index in [-0.39, 0.29) is 18.2 Å². The summed E-state index contributed by atoms with van der Waals surface area (Å²) in [5.74, 6) is -0.319. The number of pyridine rings is 1. The molecule has 0 radical (unpaired) electrons. The highest BCUT2D eigenvalue weighted by Gasteiger charge is 2.24. The Balaban J connectivity index is 1.98. The van der Waals surface area contributed by atoms with Crippen LogP contribution < -0.4 is 4.90 Å². The number of aromatic nitrogens is 1. The summed E-state index contributed by atoms with van der Waals surface area (Å²) in [5, 5.41) is 0.820. The van der Waals surface area contributed by atoms with Gasteiger partial charge in [-0.3, -0.25) is 4.98 Å². The summed E-state index contributed by atoms with van der Waals surface area (Å²) in [6, 6.07) is 7.78. The van der Waals surface area contributed by atoms with Crippen molar-refractivity contribution in [3.05, 3.63) is 36.0 Å². The van der Waals surface area contributed by atoms with Crippen molar-refractivity contribution < 1.29 is 14.3 Å². The van der Waals surface area contributed by atoms with E-state index in [1.807, 2.05) is 32.9 Å². The van der Waals surface area contributed by atoms with Gasteiger partial charge in [-0.15, -0.1) is 0 Å². The van der Waals surface area contributed by atoms with Crippen molar-refractivity contribution in [1.82, 2.24) is 4.98 Å². The van der Waals surface area contributed by atoms with Gasteiger partial charge in [-0.05, 0) is 58.9 Å². The molecule has 1 aromatic carbocycles. The molecule has 5 heteroatoms. The Labute approximate surface area is 148 Å². The minimum atomic E-state index is -0.528. The van der Waals surface area contributed by atoms with Crippen molar-refractivity contribution in [2.75, 3.05) is 18.0 Å². The van der Waals surface area contributed by atoms with E-state index in [2.05, 4.69) is 29.8 Å². The first-order chi connectivity index (χ1) is 11.7. The van der Waals surface area contributed by atoms with Gasteiger partial charge in [0.25, 0.3) is 0 Å². The number of carbonyl (C=O) groups is 1. The number of benzene rings is 1. The smallest absolute Gasteiger partial charge is 0.339 e. The standard InChI is InChI=1S/C20H26N2O3/c1-13-11-22(12-14(2)24-13)15-6-7-18-17(10-15)16(8-9-21-18)19(23)25-20(3,4)5/h6-10,13-14H,11-12H2,1-5H3/t13-,14-/m1/s1. The maximum absolute atomic E-state index is 12.6.